The quantitative estimate of drug-likeness (QED) is 0.844. The van der Waals surface area contributed by atoms with E-state index >= 15 is 0 Å². The Kier molecular flexibility index (Phi) is 4.44. The van der Waals surface area contributed by atoms with Gasteiger partial charge in [-0.15, -0.1) is 0 Å². The molecule has 26 heavy (non-hydrogen) atoms. The second-order valence-electron chi connectivity index (χ2n) is 7.00. The van der Waals surface area contributed by atoms with Gasteiger partial charge in [-0.2, -0.15) is 0 Å². The Labute approximate surface area is 155 Å². The summed E-state index contributed by atoms with van der Waals surface area (Å²) in [5.74, 6) is 0.0951. The minimum Gasteiger partial charge on any atom is -0.359 e. The maximum absolute atomic E-state index is 13.1. The zero-order valence-corrected chi connectivity index (χ0v) is 15.6. The maximum atomic E-state index is 13.1. The minimum absolute atomic E-state index is 0.0951. The predicted molar refractivity (Wildman–Crippen MR) is 103 cm³/mol. The number of carbonyl (C=O) groups is 1. The van der Waals surface area contributed by atoms with E-state index in [0.717, 1.165) is 31.5 Å². The van der Waals surface area contributed by atoms with Crippen LogP contribution in [0.15, 0.2) is 47.4 Å². The van der Waals surface area contributed by atoms with Gasteiger partial charge in [0.25, 0.3) is 0 Å². The van der Waals surface area contributed by atoms with Crippen molar-refractivity contribution in [2.45, 2.75) is 37.1 Å². The summed E-state index contributed by atoms with van der Waals surface area (Å²) >= 11 is 0. The summed E-state index contributed by atoms with van der Waals surface area (Å²) in [5, 5.41) is 0. The standard InChI is InChI=1S/C20H22N2O3S/c1-14-4-9-18-15(13-14)3-2-11-22(18)19-10-12-21(20(19)23)16-5-7-17(8-6-16)26(24)25/h4-9,13,19,26H,2-3,10-12H2,1H3/t19-/m0/s1. The summed E-state index contributed by atoms with van der Waals surface area (Å²) in [6.07, 6.45) is 2.90. The average Bonchev–Trinajstić information content (AvgIpc) is 3.02. The first-order valence-electron chi connectivity index (χ1n) is 8.96. The molecule has 0 saturated carbocycles. The Balaban J connectivity index is 1.58. The van der Waals surface area contributed by atoms with Crippen LogP contribution in [0.2, 0.25) is 0 Å². The molecule has 0 bridgehead atoms. The molecular weight excluding hydrogens is 348 g/mol. The first kappa shape index (κ1) is 17.1. The van der Waals surface area contributed by atoms with Gasteiger partial charge in [-0.1, -0.05) is 17.7 Å². The summed E-state index contributed by atoms with van der Waals surface area (Å²) in [6, 6.07) is 12.9. The van der Waals surface area contributed by atoms with Crippen molar-refractivity contribution < 1.29 is 13.2 Å². The molecule has 1 saturated heterocycles. The van der Waals surface area contributed by atoms with Gasteiger partial charge >= 0.3 is 0 Å². The van der Waals surface area contributed by atoms with Crippen LogP contribution < -0.4 is 9.80 Å². The van der Waals surface area contributed by atoms with Crippen LogP contribution in [0, 0.1) is 6.92 Å². The number of benzene rings is 2. The Morgan fingerprint density at radius 2 is 1.81 bits per heavy atom. The molecule has 1 atom stereocenters. The molecule has 6 heteroatoms. The summed E-state index contributed by atoms with van der Waals surface area (Å²) in [7, 11) is -2.59. The number of aryl methyl sites for hydroxylation is 2. The Bertz CT molecular complexity index is 913. The molecule has 0 N–H and O–H groups in total. The highest BCUT2D eigenvalue weighted by molar-refractivity contribution is 7.72. The van der Waals surface area contributed by atoms with E-state index in [4.69, 9.17) is 0 Å². The van der Waals surface area contributed by atoms with E-state index < -0.39 is 10.7 Å². The molecule has 5 nitrogen and oxygen atoms in total. The van der Waals surface area contributed by atoms with E-state index in [-0.39, 0.29) is 16.8 Å². The molecule has 1 amide bonds. The number of rotatable bonds is 3. The molecule has 0 aromatic heterocycles. The number of fused-ring (bicyclic) bond motifs is 1. The third kappa shape index (κ3) is 2.98. The first-order chi connectivity index (χ1) is 12.5. The van der Waals surface area contributed by atoms with Crippen molar-refractivity contribution in [1.82, 2.24) is 0 Å². The van der Waals surface area contributed by atoms with Crippen molar-refractivity contribution in [2.24, 2.45) is 0 Å². The second-order valence-corrected chi connectivity index (χ2v) is 8.03. The smallest absolute Gasteiger partial charge is 0.249 e. The molecule has 1 fully saturated rings. The second kappa shape index (κ2) is 6.76. The number of nitrogens with zero attached hydrogens (tertiary/aromatic N) is 2. The van der Waals surface area contributed by atoms with E-state index in [2.05, 4.69) is 30.0 Å². The van der Waals surface area contributed by atoms with Crippen molar-refractivity contribution in [3.05, 3.63) is 53.6 Å². The SMILES string of the molecule is Cc1ccc2c(c1)CCCN2[C@H]1CCN(c2ccc([SH](=O)=O)cc2)C1=O. The minimum atomic E-state index is -2.59. The Morgan fingerprint density at radius 3 is 2.54 bits per heavy atom. The summed E-state index contributed by atoms with van der Waals surface area (Å²) in [6.45, 7) is 3.65. The Hall–Kier alpha value is -2.34. The molecule has 0 aliphatic carbocycles. The third-order valence-corrected chi connectivity index (χ3v) is 6.03. The van der Waals surface area contributed by atoms with Gasteiger partial charge in [-0.25, -0.2) is 8.42 Å². The van der Waals surface area contributed by atoms with Crippen LogP contribution in [0.3, 0.4) is 0 Å². The monoisotopic (exact) mass is 370 g/mol. The molecule has 2 heterocycles. The molecule has 2 aromatic carbocycles. The van der Waals surface area contributed by atoms with Gasteiger partial charge in [0.15, 0.2) is 10.7 Å². The number of hydrogen-bond donors (Lipinski definition) is 1. The van der Waals surface area contributed by atoms with Crippen molar-refractivity contribution in [1.29, 1.82) is 0 Å². The van der Waals surface area contributed by atoms with E-state index in [1.54, 1.807) is 29.2 Å². The largest absolute Gasteiger partial charge is 0.359 e. The lowest BCUT2D eigenvalue weighted by Crippen LogP contribution is -2.44. The summed E-state index contributed by atoms with van der Waals surface area (Å²) in [5.41, 5.74) is 4.52. The average molecular weight is 370 g/mol. The first-order valence-corrected chi connectivity index (χ1v) is 10.1. The predicted octanol–water partition coefficient (Wildman–Crippen LogP) is 2.52. The number of anilines is 2. The molecule has 2 aliphatic rings. The molecular formula is C20H22N2O3S. The molecule has 136 valence electrons. The van der Waals surface area contributed by atoms with Gasteiger partial charge in [-0.05, 0) is 62.1 Å². The fraction of sp³-hybridized carbons (Fsp3) is 0.350. The highest BCUT2D eigenvalue weighted by Crippen LogP contribution is 2.33. The summed E-state index contributed by atoms with van der Waals surface area (Å²) in [4.78, 5) is 17.4. The lowest BCUT2D eigenvalue weighted by Gasteiger charge is -2.35. The van der Waals surface area contributed by atoms with Crippen LogP contribution in [-0.2, 0) is 21.9 Å². The van der Waals surface area contributed by atoms with Gasteiger partial charge < -0.3 is 9.80 Å². The van der Waals surface area contributed by atoms with E-state index in [0.29, 0.717) is 6.54 Å². The molecule has 4 rings (SSSR count). The number of thiol groups is 1. The van der Waals surface area contributed by atoms with Crippen LogP contribution in [0.4, 0.5) is 11.4 Å². The normalized spacial score (nSPS) is 19.9. The van der Waals surface area contributed by atoms with Crippen molar-refractivity contribution in [3.8, 4) is 0 Å². The van der Waals surface area contributed by atoms with E-state index in [1.165, 1.54) is 16.8 Å². The molecule has 0 spiro atoms. The summed E-state index contributed by atoms with van der Waals surface area (Å²) < 4.78 is 22.1. The van der Waals surface area contributed by atoms with Gasteiger partial charge in [-0.3, -0.25) is 4.79 Å². The molecule has 2 aliphatic heterocycles. The number of amides is 1. The zero-order valence-electron chi connectivity index (χ0n) is 14.7. The van der Waals surface area contributed by atoms with Gasteiger partial charge in [0.1, 0.15) is 6.04 Å². The van der Waals surface area contributed by atoms with Crippen molar-refractivity contribution >= 4 is 28.0 Å². The number of carbonyl (C=O) groups excluding carboxylic acids is 1. The lowest BCUT2D eigenvalue weighted by molar-refractivity contribution is -0.118. The van der Waals surface area contributed by atoms with Crippen LogP contribution in [0.25, 0.3) is 0 Å². The molecule has 0 radical (unpaired) electrons. The fourth-order valence-corrected chi connectivity index (χ4v) is 4.44. The third-order valence-electron chi connectivity index (χ3n) is 5.32. The maximum Gasteiger partial charge on any atom is 0.249 e. The molecule has 2 aromatic rings. The number of hydrogen-bond acceptors (Lipinski definition) is 4. The van der Waals surface area contributed by atoms with Crippen LogP contribution in [0.5, 0.6) is 0 Å². The van der Waals surface area contributed by atoms with E-state index in [1.807, 2.05) is 0 Å². The van der Waals surface area contributed by atoms with Crippen molar-refractivity contribution in [2.75, 3.05) is 22.9 Å². The van der Waals surface area contributed by atoms with Crippen LogP contribution >= 0.6 is 0 Å². The Morgan fingerprint density at radius 1 is 1.04 bits per heavy atom. The fourth-order valence-electron chi connectivity index (χ4n) is 4.04. The van der Waals surface area contributed by atoms with Crippen molar-refractivity contribution in [3.63, 3.8) is 0 Å². The zero-order chi connectivity index (χ0) is 18.3. The van der Waals surface area contributed by atoms with Gasteiger partial charge in [0.2, 0.25) is 5.91 Å². The van der Waals surface area contributed by atoms with Crippen LogP contribution in [0.1, 0.15) is 24.0 Å². The van der Waals surface area contributed by atoms with E-state index in [9.17, 15) is 13.2 Å². The topological polar surface area (TPSA) is 57.7 Å². The van der Waals surface area contributed by atoms with Gasteiger partial charge in [0.05, 0.1) is 4.90 Å². The molecule has 0 unspecified atom stereocenters. The highest BCUT2D eigenvalue weighted by atomic mass is 32.2. The van der Waals surface area contributed by atoms with Gasteiger partial charge in [0, 0.05) is 24.5 Å². The lowest BCUT2D eigenvalue weighted by atomic mass is 9.97. The highest BCUT2D eigenvalue weighted by Gasteiger charge is 2.38. The van der Waals surface area contributed by atoms with Crippen LogP contribution in [-0.4, -0.2) is 33.5 Å².